The first-order valence-corrected chi connectivity index (χ1v) is 7.37. The molecule has 0 saturated carbocycles. The lowest BCUT2D eigenvalue weighted by atomic mass is 10.1. The standard InChI is InChI=1S/C14H18N4OS/c1-9(2)20-12-6-4-11(5-7-12)10(3)16-14(19)13-8-15-18-17-13/h4-10H,1-3H3,(H,16,19)(H,15,17,18)/t10-/m0/s1. The maximum absolute atomic E-state index is 11.9. The quantitative estimate of drug-likeness (QED) is 0.831. The van der Waals surface area contributed by atoms with Crippen molar-refractivity contribution in [3.8, 4) is 0 Å². The van der Waals surface area contributed by atoms with Crippen LogP contribution in [0, 0.1) is 0 Å². The Morgan fingerprint density at radius 1 is 1.25 bits per heavy atom. The first-order valence-electron chi connectivity index (χ1n) is 6.49. The Labute approximate surface area is 122 Å². The van der Waals surface area contributed by atoms with E-state index in [0.717, 1.165) is 5.56 Å². The Bertz CT molecular complexity index is 551. The van der Waals surface area contributed by atoms with E-state index in [1.807, 2.05) is 30.8 Å². The Kier molecular flexibility index (Phi) is 4.79. The van der Waals surface area contributed by atoms with Crippen molar-refractivity contribution in [1.82, 2.24) is 20.7 Å². The van der Waals surface area contributed by atoms with Crippen molar-refractivity contribution in [2.45, 2.75) is 37.0 Å². The van der Waals surface area contributed by atoms with E-state index in [-0.39, 0.29) is 11.9 Å². The third-order valence-electron chi connectivity index (χ3n) is 2.75. The molecule has 20 heavy (non-hydrogen) atoms. The molecule has 1 aromatic carbocycles. The van der Waals surface area contributed by atoms with Crippen LogP contribution in [0.15, 0.2) is 35.4 Å². The number of rotatable bonds is 5. The van der Waals surface area contributed by atoms with E-state index in [2.05, 4.69) is 46.7 Å². The molecule has 1 heterocycles. The van der Waals surface area contributed by atoms with Gasteiger partial charge in [0.1, 0.15) is 0 Å². The van der Waals surface area contributed by atoms with Crippen LogP contribution in [-0.2, 0) is 0 Å². The molecule has 0 spiro atoms. The van der Waals surface area contributed by atoms with Crippen molar-refractivity contribution in [3.05, 3.63) is 41.7 Å². The van der Waals surface area contributed by atoms with Crippen LogP contribution >= 0.6 is 11.8 Å². The summed E-state index contributed by atoms with van der Waals surface area (Å²) in [5.74, 6) is -0.230. The minimum Gasteiger partial charge on any atom is -0.344 e. The fourth-order valence-corrected chi connectivity index (χ4v) is 2.61. The van der Waals surface area contributed by atoms with Gasteiger partial charge in [0.25, 0.3) is 5.91 Å². The van der Waals surface area contributed by atoms with Crippen LogP contribution in [0.25, 0.3) is 0 Å². The number of aromatic amines is 1. The summed E-state index contributed by atoms with van der Waals surface area (Å²) in [7, 11) is 0. The van der Waals surface area contributed by atoms with E-state index in [1.54, 1.807) is 0 Å². The second-order valence-electron chi connectivity index (χ2n) is 4.79. The Hall–Kier alpha value is -1.82. The summed E-state index contributed by atoms with van der Waals surface area (Å²) in [6, 6.07) is 8.17. The number of hydrogen-bond acceptors (Lipinski definition) is 4. The number of H-pyrrole nitrogens is 1. The molecule has 1 amide bonds. The minimum atomic E-state index is -0.230. The van der Waals surface area contributed by atoms with Crippen molar-refractivity contribution < 1.29 is 4.79 Å². The average Bonchev–Trinajstić information content (AvgIpc) is 2.92. The van der Waals surface area contributed by atoms with Crippen LogP contribution in [-0.4, -0.2) is 26.6 Å². The molecule has 106 valence electrons. The summed E-state index contributed by atoms with van der Waals surface area (Å²) in [4.78, 5) is 13.1. The highest BCUT2D eigenvalue weighted by Crippen LogP contribution is 2.24. The van der Waals surface area contributed by atoms with E-state index >= 15 is 0 Å². The summed E-state index contributed by atoms with van der Waals surface area (Å²) in [6.45, 7) is 6.28. The SMILES string of the molecule is CC(C)Sc1ccc([C@H](C)NC(=O)c2cn[nH]n2)cc1. The molecule has 2 rings (SSSR count). The maximum atomic E-state index is 11.9. The lowest BCUT2D eigenvalue weighted by molar-refractivity contribution is 0.0935. The molecule has 2 N–H and O–H groups in total. The molecule has 0 radical (unpaired) electrons. The van der Waals surface area contributed by atoms with Crippen molar-refractivity contribution in [3.63, 3.8) is 0 Å². The van der Waals surface area contributed by atoms with Gasteiger partial charge in [0.2, 0.25) is 0 Å². The van der Waals surface area contributed by atoms with Gasteiger partial charge < -0.3 is 5.32 Å². The van der Waals surface area contributed by atoms with Crippen LogP contribution < -0.4 is 5.32 Å². The number of amides is 1. The second-order valence-corrected chi connectivity index (χ2v) is 6.44. The summed E-state index contributed by atoms with van der Waals surface area (Å²) in [5.41, 5.74) is 1.36. The molecule has 2 aromatic rings. The van der Waals surface area contributed by atoms with Crippen LogP contribution in [0.5, 0.6) is 0 Å². The Balaban J connectivity index is 1.98. The van der Waals surface area contributed by atoms with Gasteiger partial charge in [-0.15, -0.1) is 11.8 Å². The molecule has 0 fully saturated rings. The highest BCUT2D eigenvalue weighted by Gasteiger charge is 2.13. The molecule has 0 unspecified atom stereocenters. The van der Waals surface area contributed by atoms with Gasteiger partial charge in [-0.2, -0.15) is 15.4 Å². The topological polar surface area (TPSA) is 70.7 Å². The third-order valence-corrected chi connectivity index (χ3v) is 3.76. The summed E-state index contributed by atoms with van der Waals surface area (Å²) in [6.07, 6.45) is 1.41. The summed E-state index contributed by atoms with van der Waals surface area (Å²) < 4.78 is 0. The summed E-state index contributed by atoms with van der Waals surface area (Å²) >= 11 is 1.82. The highest BCUT2D eigenvalue weighted by molar-refractivity contribution is 7.99. The van der Waals surface area contributed by atoms with Gasteiger partial charge in [-0.05, 0) is 24.6 Å². The van der Waals surface area contributed by atoms with Crippen LogP contribution in [0.3, 0.4) is 0 Å². The van der Waals surface area contributed by atoms with Crippen LogP contribution in [0.4, 0.5) is 0 Å². The summed E-state index contributed by atoms with van der Waals surface area (Å²) in [5, 5.41) is 13.3. The van der Waals surface area contributed by atoms with E-state index in [9.17, 15) is 4.79 Å². The van der Waals surface area contributed by atoms with Gasteiger partial charge in [-0.1, -0.05) is 26.0 Å². The van der Waals surface area contributed by atoms with Gasteiger partial charge in [-0.3, -0.25) is 4.79 Å². The van der Waals surface area contributed by atoms with Crippen molar-refractivity contribution in [2.75, 3.05) is 0 Å². The number of hydrogen-bond donors (Lipinski definition) is 2. The Morgan fingerprint density at radius 3 is 2.50 bits per heavy atom. The van der Waals surface area contributed by atoms with Gasteiger partial charge in [0, 0.05) is 10.1 Å². The molecule has 1 aromatic heterocycles. The fourth-order valence-electron chi connectivity index (χ4n) is 1.77. The van der Waals surface area contributed by atoms with Gasteiger partial charge in [0.05, 0.1) is 12.2 Å². The lowest BCUT2D eigenvalue weighted by Gasteiger charge is -2.14. The van der Waals surface area contributed by atoms with Crippen molar-refractivity contribution in [1.29, 1.82) is 0 Å². The lowest BCUT2D eigenvalue weighted by Crippen LogP contribution is -2.26. The monoisotopic (exact) mass is 290 g/mol. The molecule has 1 atom stereocenters. The molecule has 6 heteroatoms. The van der Waals surface area contributed by atoms with Crippen molar-refractivity contribution >= 4 is 17.7 Å². The second kappa shape index (κ2) is 6.56. The number of benzene rings is 1. The zero-order valence-corrected chi connectivity index (χ0v) is 12.6. The van der Waals surface area contributed by atoms with Gasteiger partial charge >= 0.3 is 0 Å². The highest BCUT2D eigenvalue weighted by atomic mass is 32.2. The molecule has 0 aliphatic heterocycles. The zero-order valence-electron chi connectivity index (χ0n) is 11.8. The number of nitrogens with zero attached hydrogens (tertiary/aromatic N) is 2. The van der Waals surface area contributed by atoms with Gasteiger partial charge in [-0.25, -0.2) is 0 Å². The number of aromatic nitrogens is 3. The molecule has 0 aliphatic carbocycles. The predicted molar refractivity (Wildman–Crippen MR) is 79.7 cm³/mol. The van der Waals surface area contributed by atoms with E-state index in [0.29, 0.717) is 10.9 Å². The number of nitrogens with one attached hydrogen (secondary N) is 2. The number of carbonyl (C=O) groups is 1. The molecule has 0 saturated heterocycles. The average molecular weight is 290 g/mol. The fraction of sp³-hybridized carbons (Fsp3) is 0.357. The largest absolute Gasteiger partial charge is 0.344 e. The minimum absolute atomic E-state index is 0.0719. The normalized spacial score (nSPS) is 12.4. The molecule has 5 nitrogen and oxygen atoms in total. The van der Waals surface area contributed by atoms with Gasteiger partial charge in [0.15, 0.2) is 5.69 Å². The molecule has 0 aliphatic rings. The van der Waals surface area contributed by atoms with Crippen molar-refractivity contribution in [2.24, 2.45) is 0 Å². The predicted octanol–water partition coefficient (Wildman–Crippen LogP) is 2.80. The zero-order chi connectivity index (χ0) is 14.5. The first kappa shape index (κ1) is 14.6. The first-order chi connectivity index (χ1) is 9.56. The number of thioether (sulfide) groups is 1. The molecule has 0 bridgehead atoms. The molecular weight excluding hydrogens is 272 g/mol. The van der Waals surface area contributed by atoms with E-state index in [1.165, 1.54) is 11.1 Å². The third kappa shape index (κ3) is 3.84. The smallest absolute Gasteiger partial charge is 0.273 e. The van der Waals surface area contributed by atoms with Crippen LogP contribution in [0.2, 0.25) is 0 Å². The van der Waals surface area contributed by atoms with E-state index < -0.39 is 0 Å². The van der Waals surface area contributed by atoms with Crippen LogP contribution in [0.1, 0.15) is 42.9 Å². The number of carbonyl (C=O) groups excluding carboxylic acids is 1. The maximum Gasteiger partial charge on any atom is 0.273 e. The van der Waals surface area contributed by atoms with E-state index in [4.69, 9.17) is 0 Å². The molecular formula is C14H18N4OS. The Morgan fingerprint density at radius 2 is 1.95 bits per heavy atom.